The van der Waals surface area contributed by atoms with Crippen molar-refractivity contribution in [3.8, 4) is 0 Å². The second kappa shape index (κ2) is 9.36. The first-order valence-corrected chi connectivity index (χ1v) is 10.0. The Hall–Kier alpha value is -1.87. The largest absolute Gasteiger partial charge is 0.379 e. The second-order valence-electron chi connectivity index (χ2n) is 6.15. The molecular formula is C18H22ClN5O2S. The molecule has 27 heavy (non-hydrogen) atoms. The van der Waals surface area contributed by atoms with Crippen LogP contribution in [0.1, 0.15) is 11.1 Å². The predicted molar refractivity (Wildman–Crippen MR) is 107 cm³/mol. The number of amides is 1. The minimum absolute atomic E-state index is 0.102. The van der Waals surface area contributed by atoms with Gasteiger partial charge in [-0.15, -0.1) is 0 Å². The number of anilines is 2. The number of carbonyl (C=O) groups is 1. The van der Waals surface area contributed by atoms with Gasteiger partial charge in [-0.05, 0) is 31.0 Å². The minimum Gasteiger partial charge on any atom is -0.379 e. The van der Waals surface area contributed by atoms with Crippen molar-refractivity contribution in [2.75, 3.05) is 37.4 Å². The fraction of sp³-hybridized carbons (Fsp3) is 0.389. The highest BCUT2D eigenvalue weighted by Crippen LogP contribution is 2.25. The molecule has 0 unspecified atom stereocenters. The van der Waals surface area contributed by atoms with Gasteiger partial charge in [0.15, 0.2) is 5.16 Å². The summed E-state index contributed by atoms with van der Waals surface area (Å²) in [6.45, 7) is 6.73. The summed E-state index contributed by atoms with van der Waals surface area (Å²) >= 11 is 7.38. The van der Waals surface area contributed by atoms with Crippen molar-refractivity contribution in [3.05, 3.63) is 40.5 Å². The van der Waals surface area contributed by atoms with E-state index in [2.05, 4.69) is 33.7 Å². The number of carbonyl (C=O) groups excluding carboxylic acids is 1. The number of aromatic nitrogens is 2. The van der Waals surface area contributed by atoms with Crippen molar-refractivity contribution in [2.45, 2.75) is 19.0 Å². The average Bonchev–Trinajstić information content (AvgIpc) is 2.64. The van der Waals surface area contributed by atoms with E-state index >= 15 is 0 Å². The highest BCUT2D eigenvalue weighted by Gasteiger charge is 2.14. The number of nitrogens with one attached hydrogen (secondary N) is 2. The van der Waals surface area contributed by atoms with Crippen LogP contribution in [0.15, 0.2) is 29.4 Å². The predicted octanol–water partition coefficient (Wildman–Crippen LogP) is 2.95. The molecule has 3 rings (SSSR count). The third-order valence-electron chi connectivity index (χ3n) is 4.17. The number of halogens is 1. The molecule has 1 aromatic heterocycles. The molecule has 0 aliphatic carbocycles. The van der Waals surface area contributed by atoms with Crippen molar-refractivity contribution in [1.29, 1.82) is 0 Å². The van der Waals surface area contributed by atoms with E-state index in [9.17, 15) is 4.79 Å². The quantitative estimate of drug-likeness (QED) is 0.433. The molecule has 1 aromatic carbocycles. The van der Waals surface area contributed by atoms with Gasteiger partial charge >= 0.3 is 0 Å². The van der Waals surface area contributed by atoms with E-state index in [0.29, 0.717) is 42.4 Å². The van der Waals surface area contributed by atoms with Gasteiger partial charge in [-0.3, -0.25) is 10.2 Å². The van der Waals surface area contributed by atoms with Crippen LogP contribution in [0.3, 0.4) is 0 Å². The first-order chi connectivity index (χ1) is 13.0. The molecule has 2 aromatic rings. The highest BCUT2D eigenvalue weighted by atomic mass is 35.5. The smallest absolute Gasteiger partial charge is 0.244 e. The van der Waals surface area contributed by atoms with Gasteiger partial charge < -0.3 is 10.1 Å². The third-order valence-corrected chi connectivity index (χ3v) is 5.21. The Morgan fingerprint density at radius 2 is 2.07 bits per heavy atom. The molecule has 0 bridgehead atoms. The molecule has 7 nitrogen and oxygen atoms in total. The third kappa shape index (κ3) is 5.80. The van der Waals surface area contributed by atoms with Gasteiger partial charge in [-0.1, -0.05) is 35.5 Å². The van der Waals surface area contributed by atoms with E-state index in [1.807, 2.05) is 24.1 Å². The Bertz CT molecular complexity index is 814. The molecule has 2 heterocycles. The number of hydrazine groups is 1. The van der Waals surface area contributed by atoms with Crippen molar-refractivity contribution in [3.63, 3.8) is 0 Å². The summed E-state index contributed by atoms with van der Waals surface area (Å²) in [5.41, 5.74) is 6.16. The summed E-state index contributed by atoms with van der Waals surface area (Å²) in [5, 5.41) is 5.91. The fourth-order valence-electron chi connectivity index (χ4n) is 2.56. The van der Waals surface area contributed by atoms with Crippen LogP contribution in [0.2, 0.25) is 5.15 Å². The second-order valence-corrected chi connectivity index (χ2v) is 7.48. The summed E-state index contributed by atoms with van der Waals surface area (Å²) in [4.78, 5) is 20.8. The van der Waals surface area contributed by atoms with E-state index in [1.54, 1.807) is 6.07 Å². The van der Waals surface area contributed by atoms with E-state index in [4.69, 9.17) is 16.3 Å². The maximum atomic E-state index is 12.1. The van der Waals surface area contributed by atoms with Crippen LogP contribution in [0.5, 0.6) is 0 Å². The molecule has 0 saturated carbocycles. The van der Waals surface area contributed by atoms with Crippen LogP contribution in [-0.2, 0) is 9.53 Å². The molecule has 0 radical (unpaired) electrons. The zero-order chi connectivity index (χ0) is 19.2. The first kappa shape index (κ1) is 19.9. The Labute approximate surface area is 167 Å². The van der Waals surface area contributed by atoms with E-state index in [1.165, 1.54) is 17.3 Å². The molecule has 144 valence electrons. The lowest BCUT2D eigenvalue weighted by Gasteiger charge is -2.26. The van der Waals surface area contributed by atoms with Gasteiger partial charge in [-0.2, -0.15) is 0 Å². The molecule has 1 fully saturated rings. The molecule has 0 atom stereocenters. The number of thioether (sulfide) groups is 1. The maximum Gasteiger partial charge on any atom is 0.244 e. The number of rotatable bonds is 6. The number of ether oxygens (including phenoxy) is 1. The molecular weight excluding hydrogens is 386 g/mol. The average molecular weight is 408 g/mol. The van der Waals surface area contributed by atoms with Crippen LogP contribution in [0, 0.1) is 13.8 Å². The zero-order valence-corrected chi connectivity index (χ0v) is 16.9. The van der Waals surface area contributed by atoms with Gasteiger partial charge in [0.2, 0.25) is 5.91 Å². The standard InChI is InChI=1S/C18H22ClN5O2S/c1-12-4-3-5-14(13(12)2)20-16-10-15(19)21-18(22-16)27-11-17(25)23-24-6-8-26-9-7-24/h3-5,10H,6-9,11H2,1-2H3,(H,23,25)(H,20,21,22). The van der Waals surface area contributed by atoms with Gasteiger partial charge in [-0.25, -0.2) is 15.0 Å². The van der Waals surface area contributed by atoms with Crippen LogP contribution >= 0.6 is 23.4 Å². The molecule has 2 N–H and O–H groups in total. The van der Waals surface area contributed by atoms with Crippen molar-refractivity contribution in [2.24, 2.45) is 0 Å². The molecule has 0 spiro atoms. The minimum atomic E-state index is -0.102. The summed E-state index contributed by atoms with van der Waals surface area (Å²) in [6.07, 6.45) is 0. The van der Waals surface area contributed by atoms with Crippen LogP contribution in [0.25, 0.3) is 0 Å². The number of hydrogen-bond acceptors (Lipinski definition) is 7. The Balaban J connectivity index is 1.61. The number of benzene rings is 1. The van der Waals surface area contributed by atoms with Gasteiger partial charge in [0, 0.05) is 24.8 Å². The summed E-state index contributed by atoms with van der Waals surface area (Å²) < 4.78 is 5.26. The van der Waals surface area contributed by atoms with Gasteiger partial charge in [0.05, 0.1) is 19.0 Å². The molecule has 1 amide bonds. The SMILES string of the molecule is Cc1cccc(Nc2cc(Cl)nc(SCC(=O)NN3CCOCC3)n2)c1C. The maximum absolute atomic E-state index is 12.1. The Kier molecular flexibility index (Phi) is 6.89. The monoisotopic (exact) mass is 407 g/mol. The molecule has 9 heteroatoms. The number of morpholine rings is 1. The highest BCUT2D eigenvalue weighted by molar-refractivity contribution is 7.99. The molecule has 1 aliphatic heterocycles. The van der Waals surface area contributed by atoms with E-state index < -0.39 is 0 Å². The fourth-order valence-corrected chi connectivity index (χ4v) is 3.45. The van der Waals surface area contributed by atoms with Crippen molar-refractivity contribution >= 4 is 40.8 Å². The van der Waals surface area contributed by atoms with E-state index in [0.717, 1.165) is 11.3 Å². The molecule has 1 aliphatic rings. The summed E-state index contributed by atoms with van der Waals surface area (Å²) in [6, 6.07) is 7.70. The normalized spacial score (nSPS) is 14.8. The molecule has 1 saturated heterocycles. The van der Waals surface area contributed by atoms with Crippen LogP contribution < -0.4 is 10.7 Å². The van der Waals surface area contributed by atoms with Crippen molar-refractivity contribution < 1.29 is 9.53 Å². The lowest BCUT2D eigenvalue weighted by atomic mass is 10.1. The summed E-state index contributed by atoms with van der Waals surface area (Å²) in [5.74, 6) is 0.704. The number of hydrogen-bond donors (Lipinski definition) is 2. The lowest BCUT2D eigenvalue weighted by Crippen LogP contribution is -2.48. The van der Waals surface area contributed by atoms with E-state index in [-0.39, 0.29) is 11.7 Å². The first-order valence-electron chi connectivity index (χ1n) is 8.64. The number of aryl methyl sites for hydroxylation is 1. The van der Waals surface area contributed by atoms with Gasteiger partial charge in [0.1, 0.15) is 11.0 Å². The Morgan fingerprint density at radius 1 is 1.30 bits per heavy atom. The van der Waals surface area contributed by atoms with Gasteiger partial charge in [0.25, 0.3) is 0 Å². The lowest BCUT2D eigenvalue weighted by molar-refractivity contribution is -0.125. The Morgan fingerprint density at radius 3 is 2.85 bits per heavy atom. The number of nitrogens with zero attached hydrogens (tertiary/aromatic N) is 3. The van der Waals surface area contributed by atoms with Crippen LogP contribution in [0.4, 0.5) is 11.5 Å². The topological polar surface area (TPSA) is 79.4 Å². The zero-order valence-electron chi connectivity index (χ0n) is 15.3. The van der Waals surface area contributed by atoms with Crippen LogP contribution in [-0.4, -0.2) is 52.9 Å². The summed E-state index contributed by atoms with van der Waals surface area (Å²) in [7, 11) is 0. The van der Waals surface area contributed by atoms with Crippen molar-refractivity contribution in [1.82, 2.24) is 20.4 Å².